The fourth-order valence-electron chi connectivity index (χ4n) is 5.97. The van der Waals surface area contributed by atoms with Crippen LogP contribution in [-0.2, 0) is 36.8 Å². The largest absolute Gasteiger partial charge is 0.477 e. The number of carbonyl (C=O) groups excluding carboxylic acids is 4. The lowest BCUT2D eigenvalue weighted by Crippen LogP contribution is -2.70. The summed E-state index contributed by atoms with van der Waals surface area (Å²) in [5, 5.41) is 13.9. The number of hydrogen-bond acceptors (Lipinski definition) is 10. The Morgan fingerprint density at radius 1 is 1.15 bits per heavy atom. The molecular formula is C31H30FN5O8S2. The predicted molar refractivity (Wildman–Crippen MR) is 172 cm³/mol. The van der Waals surface area contributed by atoms with Gasteiger partial charge in [-0.1, -0.05) is 13.0 Å². The number of nitrogens with zero attached hydrogens (tertiary/aromatic N) is 4. The number of aryl methyl sites for hydroxylation is 1. The van der Waals surface area contributed by atoms with E-state index >= 15 is 4.39 Å². The second kappa shape index (κ2) is 13.2. The number of fused-ring (bicyclic) bond motifs is 2. The van der Waals surface area contributed by atoms with Crippen LogP contribution in [0.5, 0.6) is 0 Å². The number of β-lactam (4-membered cyclic amide) rings is 1. The summed E-state index contributed by atoms with van der Waals surface area (Å²) in [5.74, 6) is -2.84. The molecule has 0 radical (unpaired) electrons. The molecule has 3 aliphatic heterocycles. The predicted octanol–water partition coefficient (Wildman–Crippen LogP) is 2.01. The second-order valence-corrected chi connectivity index (χ2v) is 13.3. The molecule has 0 aliphatic carbocycles. The summed E-state index contributed by atoms with van der Waals surface area (Å²) in [5.41, 5.74) is -0.00706. The summed E-state index contributed by atoms with van der Waals surface area (Å²) in [4.78, 5) is 80.8. The summed E-state index contributed by atoms with van der Waals surface area (Å²) < 4.78 is 22.0. The normalized spacial score (nSPS) is 19.4. The van der Waals surface area contributed by atoms with Crippen LogP contribution in [0.2, 0.25) is 0 Å². The van der Waals surface area contributed by atoms with Gasteiger partial charge in [-0.05, 0) is 30.0 Å². The fraction of sp³-hybridized carbons (Fsp3) is 0.355. The summed E-state index contributed by atoms with van der Waals surface area (Å²) in [6, 6.07) is 6.47. The zero-order valence-electron chi connectivity index (χ0n) is 25.1. The standard InChI is InChI=1S/C31H30FN5O8S2/c1-2-18-10-24(39)20-12-21(32)23(35-7-5-34(16-38)6-8-35)13-22(20)36(18)31(44)45-14-17-15-47-29-26(28(41)37(29)27(17)30(42)43)33-25(40)11-19-4-3-9-46-19/h3-4,9-10,12-13,16,26,29H,2,5-8,11,14-15H2,1H3,(H,33,40)(H,42,43)/t26-,29-/m1/s1. The van der Waals surface area contributed by atoms with Gasteiger partial charge in [-0.3, -0.25) is 24.1 Å². The van der Waals surface area contributed by atoms with E-state index in [0.29, 0.717) is 31.9 Å². The minimum atomic E-state index is -1.38. The third-order valence-corrected chi connectivity index (χ3v) is 10.6. The zero-order chi connectivity index (χ0) is 33.4. The molecule has 3 aliphatic rings. The van der Waals surface area contributed by atoms with Gasteiger partial charge in [0.15, 0.2) is 5.43 Å². The number of hydrogen-bond donors (Lipinski definition) is 2. The molecule has 1 aromatic carbocycles. The zero-order valence-corrected chi connectivity index (χ0v) is 26.8. The molecule has 2 fully saturated rings. The third-order valence-electron chi connectivity index (χ3n) is 8.36. The van der Waals surface area contributed by atoms with Crippen LogP contribution >= 0.6 is 23.1 Å². The van der Waals surface area contributed by atoms with E-state index in [-0.39, 0.29) is 52.4 Å². The number of ether oxygens (including phenoxy) is 1. The number of nitrogens with one attached hydrogen (secondary N) is 1. The molecule has 0 spiro atoms. The molecule has 5 heterocycles. The van der Waals surface area contributed by atoms with E-state index in [1.807, 2.05) is 17.5 Å². The highest BCUT2D eigenvalue weighted by Gasteiger charge is 2.54. The van der Waals surface area contributed by atoms with Crippen molar-refractivity contribution >= 4 is 70.0 Å². The van der Waals surface area contributed by atoms with Crippen LogP contribution in [0.1, 0.15) is 17.5 Å². The molecule has 3 amide bonds. The van der Waals surface area contributed by atoms with Crippen molar-refractivity contribution in [3.8, 4) is 0 Å². The second-order valence-electron chi connectivity index (χ2n) is 11.2. The highest BCUT2D eigenvalue weighted by atomic mass is 32.2. The summed E-state index contributed by atoms with van der Waals surface area (Å²) in [6.07, 6.45) is 0.181. The Kier molecular flexibility index (Phi) is 9.05. The van der Waals surface area contributed by atoms with Crippen molar-refractivity contribution in [3.05, 3.63) is 73.6 Å². The summed E-state index contributed by atoms with van der Waals surface area (Å²) in [7, 11) is 0. The quantitative estimate of drug-likeness (QED) is 0.253. The van der Waals surface area contributed by atoms with Crippen LogP contribution < -0.4 is 15.6 Å². The van der Waals surface area contributed by atoms with Gasteiger partial charge in [0.25, 0.3) is 5.91 Å². The molecule has 2 aromatic heterocycles. The molecule has 2 saturated heterocycles. The van der Waals surface area contributed by atoms with Crippen molar-refractivity contribution < 1.29 is 38.2 Å². The number of amides is 3. The van der Waals surface area contributed by atoms with E-state index in [0.717, 1.165) is 22.3 Å². The molecule has 2 atom stereocenters. The topological polar surface area (TPSA) is 159 Å². The number of carboxylic acid groups (broad SMARTS) is 1. The van der Waals surface area contributed by atoms with Crippen LogP contribution in [0.25, 0.3) is 10.9 Å². The first-order chi connectivity index (χ1) is 22.6. The smallest absolute Gasteiger partial charge is 0.419 e. The van der Waals surface area contributed by atoms with E-state index in [4.69, 9.17) is 4.74 Å². The first-order valence-corrected chi connectivity index (χ1v) is 16.8. The molecule has 3 aromatic rings. The first kappa shape index (κ1) is 32.2. The average molecular weight is 684 g/mol. The van der Waals surface area contributed by atoms with Crippen molar-refractivity contribution in [2.45, 2.75) is 31.2 Å². The first-order valence-electron chi connectivity index (χ1n) is 14.8. The minimum absolute atomic E-state index is 0.0354. The Morgan fingerprint density at radius 2 is 1.91 bits per heavy atom. The van der Waals surface area contributed by atoms with Gasteiger partial charge in [0.05, 0.1) is 17.6 Å². The molecule has 13 nitrogen and oxygen atoms in total. The number of benzene rings is 1. The van der Waals surface area contributed by atoms with Crippen LogP contribution in [0.15, 0.2) is 51.8 Å². The lowest BCUT2D eigenvalue weighted by atomic mass is 10.0. The Bertz CT molecular complexity index is 1870. The molecule has 0 unspecified atom stereocenters. The van der Waals surface area contributed by atoms with Gasteiger partial charge >= 0.3 is 12.1 Å². The maximum Gasteiger partial charge on any atom is 0.419 e. The number of anilines is 1. The van der Waals surface area contributed by atoms with Gasteiger partial charge in [-0.2, -0.15) is 0 Å². The number of aromatic nitrogens is 1. The number of piperazine rings is 1. The summed E-state index contributed by atoms with van der Waals surface area (Å²) in [6.45, 7) is 2.74. The van der Waals surface area contributed by atoms with E-state index in [2.05, 4.69) is 5.32 Å². The highest BCUT2D eigenvalue weighted by molar-refractivity contribution is 8.00. The van der Waals surface area contributed by atoms with E-state index in [1.165, 1.54) is 39.8 Å². The molecule has 0 saturated carbocycles. The van der Waals surface area contributed by atoms with Gasteiger partial charge in [0.2, 0.25) is 12.3 Å². The fourth-order valence-corrected chi connectivity index (χ4v) is 8.00. The Morgan fingerprint density at radius 3 is 2.57 bits per heavy atom. The van der Waals surface area contributed by atoms with Crippen LogP contribution in [0, 0.1) is 5.82 Å². The number of carboxylic acids is 1. The monoisotopic (exact) mass is 683 g/mol. The minimum Gasteiger partial charge on any atom is -0.477 e. The average Bonchev–Trinajstić information content (AvgIpc) is 3.58. The van der Waals surface area contributed by atoms with Crippen LogP contribution in [-0.4, -0.2) is 99.7 Å². The Balaban J connectivity index is 1.23. The maximum absolute atomic E-state index is 15.3. The van der Waals surface area contributed by atoms with Gasteiger partial charge in [0.1, 0.15) is 29.5 Å². The number of rotatable bonds is 9. The van der Waals surface area contributed by atoms with E-state index < -0.39 is 47.2 Å². The van der Waals surface area contributed by atoms with Crippen LogP contribution in [0.3, 0.4) is 0 Å². The van der Waals surface area contributed by atoms with Gasteiger partial charge < -0.3 is 25.0 Å². The SMILES string of the molecule is CCc1cc(=O)c2cc(F)c(N3CCN(C=O)CC3)cc2n1C(=O)OCC1=C(C(=O)O)N2C(=O)[C@@H](NC(=O)Cc3cccs3)[C@H]2SC1. The maximum atomic E-state index is 15.3. The van der Waals surface area contributed by atoms with Gasteiger partial charge in [-0.15, -0.1) is 23.1 Å². The molecule has 16 heteroatoms. The lowest BCUT2D eigenvalue weighted by molar-refractivity contribution is -0.150. The number of carbonyl (C=O) groups is 5. The van der Waals surface area contributed by atoms with E-state index in [9.17, 15) is 33.9 Å². The number of thiophene rings is 1. The number of pyridine rings is 1. The molecule has 246 valence electrons. The number of thioether (sulfide) groups is 1. The van der Waals surface area contributed by atoms with Crippen molar-refractivity contribution in [3.63, 3.8) is 0 Å². The third kappa shape index (κ3) is 6.10. The number of aliphatic carboxylic acids is 1. The van der Waals surface area contributed by atoms with E-state index in [1.54, 1.807) is 16.7 Å². The summed E-state index contributed by atoms with van der Waals surface area (Å²) >= 11 is 2.66. The lowest BCUT2D eigenvalue weighted by Gasteiger charge is -2.49. The van der Waals surface area contributed by atoms with Crippen LogP contribution in [0.4, 0.5) is 14.9 Å². The van der Waals surface area contributed by atoms with Gasteiger partial charge in [-0.25, -0.2) is 18.5 Å². The highest BCUT2D eigenvalue weighted by Crippen LogP contribution is 2.40. The molecule has 47 heavy (non-hydrogen) atoms. The Hall–Kier alpha value is -4.70. The van der Waals surface area contributed by atoms with Crippen molar-refractivity contribution in [2.24, 2.45) is 0 Å². The van der Waals surface area contributed by atoms with Gasteiger partial charge in [0, 0.05) is 59.5 Å². The van der Waals surface area contributed by atoms with Crippen molar-refractivity contribution in [1.29, 1.82) is 0 Å². The van der Waals surface area contributed by atoms with Crippen molar-refractivity contribution in [2.75, 3.05) is 43.4 Å². The molecule has 2 N–H and O–H groups in total. The van der Waals surface area contributed by atoms with Crippen molar-refractivity contribution in [1.82, 2.24) is 19.7 Å². The molecule has 0 bridgehead atoms. The number of halogens is 1. The molecular weight excluding hydrogens is 654 g/mol. The molecule has 6 rings (SSSR count). The Labute approximate surface area is 275 Å².